The quantitative estimate of drug-likeness (QED) is 0.521. The van der Waals surface area contributed by atoms with Gasteiger partial charge >= 0.3 is 5.97 Å². The third-order valence-electron chi connectivity index (χ3n) is 4.31. The molecule has 140 valence electrons. The number of carboxylic acids is 1. The topological polar surface area (TPSA) is 97.5 Å². The molecule has 4 aromatic rings. The van der Waals surface area contributed by atoms with Gasteiger partial charge in [-0.15, -0.1) is 11.8 Å². The van der Waals surface area contributed by atoms with Crippen LogP contribution in [0.5, 0.6) is 0 Å². The Balaban J connectivity index is 1.94. The van der Waals surface area contributed by atoms with Crippen LogP contribution in [0.3, 0.4) is 0 Å². The van der Waals surface area contributed by atoms with Gasteiger partial charge in [-0.1, -0.05) is 42.5 Å². The predicted molar refractivity (Wildman–Crippen MR) is 108 cm³/mol. The number of aliphatic carboxylic acids is 1. The number of hydrogen-bond donors (Lipinski definition) is 1. The number of hydrogen-bond acceptors (Lipinski definition) is 6. The summed E-state index contributed by atoms with van der Waals surface area (Å²) in [5.41, 5.74) is 1.57. The summed E-state index contributed by atoms with van der Waals surface area (Å²) in [4.78, 5) is 32.7. The first-order chi connectivity index (χ1) is 13.5. The number of thioether (sulfide) groups is 1. The van der Waals surface area contributed by atoms with E-state index in [1.165, 1.54) is 11.8 Å². The molecule has 0 bridgehead atoms. The van der Waals surface area contributed by atoms with Crippen molar-refractivity contribution in [1.82, 2.24) is 19.6 Å². The minimum Gasteiger partial charge on any atom is -0.480 e. The van der Waals surface area contributed by atoms with Gasteiger partial charge in [0, 0.05) is 10.9 Å². The monoisotopic (exact) mass is 392 g/mol. The van der Waals surface area contributed by atoms with Gasteiger partial charge < -0.3 is 5.11 Å². The summed E-state index contributed by atoms with van der Waals surface area (Å²) in [6.45, 7) is 1.62. The van der Waals surface area contributed by atoms with Gasteiger partial charge in [0.1, 0.15) is 5.82 Å². The van der Waals surface area contributed by atoms with Crippen molar-refractivity contribution in [2.24, 2.45) is 0 Å². The van der Waals surface area contributed by atoms with Crippen molar-refractivity contribution in [2.75, 3.05) is 0 Å². The van der Waals surface area contributed by atoms with Crippen LogP contribution in [-0.4, -0.2) is 35.9 Å². The van der Waals surface area contributed by atoms with E-state index in [2.05, 4.69) is 15.1 Å². The van der Waals surface area contributed by atoms with Gasteiger partial charge in [0.25, 0.3) is 5.56 Å². The van der Waals surface area contributed by atoms with Gasteiger partial charge in [0.05, 0.1) is 16.5 Å². The van der Waals surface area contributed by atoms with Crippen LogP contribution in [0.2, 0.25) is 0 Å². The highest BCUT2D eigenvalue weighted by Gasteiger charge is 2.17. The Kier molecular flexibility index (Phi) is 4.79. The van der Waals surface area contributed by atoms with Crippen LogP contribution in [0.25, 0.3) is 27.8 Å². The fourth-order valence-electron chi connectivity index (χ4n) is 2.83. The van der Waals surface area contributed by atoms with Crippen LogP contribution < -0.4 is 5.56 Å². The van der Waals surface area contributed by atoms with E-state index >= 15 is 0 Å². The molecule has 0 saturated heterocycles. The summed E-state index contributed by atoms with van der Waals surface area (Å²) < 4.78 is 1.55. The molecule has 0 amide bonds. The highest BCUT2D eigenvalue weighted by Crippen LogP contribution is 2.22. The van der Waals surface area contributed by atoms with Gasteiger partial charge in [0.2, 0.25) is 0 Å². The molecule has 2 aromatic carbocycles. The third-order valence-corrected chi connectivity index (χ3v) is 5.43. The summed E-state index contributed by atoms with van der Waals surface area (Å²) in [6.07, 6.45) is 0. The zero-order valence-electron chi connectivity index (χ0n) is 14.9. The molecule has 0 radical (unpaired) electrons. The number of benzene rings is 2. The molecule has 2 aromatic heterocycles. The predicted octanol–water partition coefficient (Wildman–Crippen LogP) is 3.01. The average Bonchev–Trinajstić information content (AvgIpc) is 2.72. The normalized spacial score (nSPS) is 12.3. The lowest BCUT2D eigenvalue weighted by atomic mass is 10.2. The molecule has 1 unspecified atom stereocenters. The zero-order valence-corrected chi connectivity index (χ0v) is 15.8. The number of carboxylic acid groups (broad SMARTS) is 1. The maximum atomic E-state index is 12.7. The molecular weight excluding hydrogens is 376 g/mol. The molecule has 0 spiro atoms. The zero-order chi connectivity index (χ0) is 19.7. The molecule has 0 saturated carbocycles. The van der Waals surface area contributed by atoms with Crippen molar-refractivity contribution < 1.29 is 9.90 Å². The molecule has 7 nitrogen and oxygen atoms in total. The molecule has 1 N–H and O–H groups in total. The Bertz CT molecular complexity index is 1240. The van der Waals surface area contributed by atoms with E-state index in [4.69, 9.17) is 5.11 Å². The van der Waals surface area contributed by atoms with Crippen LogP contribution in [0.4, 0.5) is 0 Å². The molecule has 2 heterocycles. The fourth-order valence-corrected chi connectivity index (χ4v) is 3.56. The van der Waals surface area contributed by atoms with Crippen LogP contribution in [0, 0.1) is 0 Å². The number of para-hydroxylation sites is 1. The first kappa shape index (κ1) is 18.1. The molecule has 0 fully saturated rings. The van der Waals surface area contributed by atoms with Crippen molar-refractivity contribution in [2.45, 2.75) is 17.9 Å². The summed E-state index contributed by atoms with van der Waals surface area (Å²) in [6, 6.07) is 16.5. The SMILES string of the molecule is CC(SCc1nc2ccccc2c2nc(=O)c(-c3ccccc3)nn12)C(=O)O. The Labute approximate surface area is 164 Å². The average molecular weight is 392 g/mol. The summed E-state index contributed by atoms with van der Waals surface area (Å²) >= 11 is 1.24. The van der Waals surface area contributed by atoms with E-state index in [-0.39, 0.29) is 5.69 Å². The maximum absolute atomic E-state index is 12.7. The second kappa shape index (κ2) is 7.40. The molecular formula is C20H16N4O3S. The number of carbonyl (C=O) groups is 1. The molecule has 4 rings (SSSR count). The molecule has 0 aliphatic carbocycles. The van der Waals surface area contributed by atoms with E-state index in [1.54, 1.807) is 23.6 Å². The molecule has 8 heteroatoms. The maximum Gasteiger partial charge on any atom is 0.316 e. The van der Waals surface area contributed by atoms with Crippen molar-refractivity contribution in [3.05, 3.63) is 70.8 Å². The molecule has 0 aliphatic rings. The van der Waals surface area contributed by atoms with Gasteiger partial charge in [0.15, 0.2) is 11.3 Å². The first-order valence-electron chi connectivity index (χ1n) is 8.63. The van der Waals surface area contributed by atoms with E-state index in [0.717, 1.165) is 0 Å². The molecule has 0 aliphatic heterocycles. The van der Waals surface area contributed by atoms with E-state index in [9.17, 15) is 9.59 Å². The highest BCUT2D eigenvalue weighted by molar-refractivity contribution is 7.99. The number of nitrogens with zero attached hydrogens (tertiary/aromatic N) is 4. The molecule has 1 atom stereocenters. The Morgan fingerprint density at radius 1 is 1.11 bits per heavy atom. The Hall–Kier alpha value is -3.26. The number of rotatable bonds is 5. The first-order valence-corrected chi connectivity index (χ1v) is 9.68. The Morgan fingerprint density at radius 3 is 2.57 bits per heavy atom. The third kappa shape index (κ3) is 3.34. The fraction of sp³-hybridized carbons (Fsp3) is 0.150. The lowest BCUT2D eigenvalue weighted by Gasteiger charge is -2.12. The second-order valence-corrected chi connectivity index (χ2v) is 7.53. The van der Waals surface area contributed by atoms with Crippen LogP contribution in [0.15, 0.2) is 59.4 Å². The molecule has 28 heavy (non-hydrogen) atoms. The summed E-state index contributed by atoms with van der Waals surface area (Å²) in [7, 11) is 0. The Morgan fingerprint density at radius 2 is 1.82 bits per heavy atom. The van der Waals surface area contributed by atoms with Crippen LogP contribution in [0.1, 0.15) is 12.7 Å². The standard InChI is InChI=1S/C20H16N4O3S/c1-12(20(26)27)28-11-16-21-15-10-6-5-9-14(15)18-22-19(25)17(23-24(16)18)13-7-3-2-4-8-13/h2-10,12H,11H2,1H3,(H,26,27). The lowest BCUT2D eigenvalue weighted by molar-refractivity contribution is -0.136. The number of fused-ring (bicyclic) bond motifs is 3. The van der Waals surface area contributed by atoms with Gasteiger partial charge in [-0.2, -0.15) is 14.6 Å². The lowest BCUT2D eigenvalue weighted by Crippen LogP contribution is -2.19. The second-order valence-electron chi connectivity index (χ2n) is 6.20. The van der Waals surface area contributed by atoms with E-state index in [0.29, 0.717) is 33.7 Å². The summed E-state index contributed by atoms with van der Waals surface area (Å²) in [5.74, 6) is -0.0323. The number of aromatic nitrogens is 4. The van der Waals surface area contributed by atoms with E-state index < -0.39 is 16.8 Å². The smallest absolute Gasteiger partial charge is 0.316 e. The summed E-state index contributed by atoms with van der Waals surface area (Å²) in [5, 5.41) is 13.8. The minimum absolute atomic E-state index is 0.229. The van der Waals surface area contributed by atoms with Crippen molar-refractivity contribution in [3.63, 3.8) is 0 Å². The van der Waals surface area contributed by atoms with Crippen molar-refractivity contribution in [1.29, 1.82) is 0 Å². The van der Waals surface area contributed by atoms with Crippen LogP contribution in [-0.2, 0) is 10.5 Å². The van der Waals surface area contributed by atoms with Crippen LogP contribution >= 0.6 is 11.8 Å². The van der Waals surface area contributed by atoms with Crippen molar-refractivity contribution in [3.8, 4) is 11.3 Å². The van der Waals surface area contributed by atoms with Gasteiger partial charge in [-0.3, -0.25) is 9.59 Å². The van der Waals surface area contributed by atoms with Gasteiger partial charge in [-0.05, 0) is 19.1 Å². The largest absolute Gasteiger partial charge is 0.480 e. The minimum atomic E-state index is -0.891. The van der Waals surface area contributed by atoms with Gasteiger partial charge in [-0.25, -0.2) is 4.98 Å². The van der Waals surface area contributed by atoms with E-state index in [1.807, 2.05) is 42.5 Å². The van der Waals surface area contributed by atoms with Crippen molar-refractivity contribution >= 4 is 34.3 Å². The highest BCUT2D eigenvalue weighted by atomic mass is 32.2.